The van der Waals surface area contributed by atoms with Crippen molar-refractivity contribution in [1.82, 2.24) is 0 Å². The number of aliphatic hydroxyl groups is 1. The van der Waals surface area contributed by atoms with E-state index in [1.807, 2.05) is 18.2 Å². The van der Waals surface area contributed by atoms with Gasteiger partial charge in [-0.15, -0.1) is 0 Å². The van der Waals surface area contributed by atoms with E-state index >= 15 is 0 Å². The van der Waals surface area contributed by atoms with Gasteiger partial charge >= 0.3 is 35.8 Å². The number of benzene rings is 1. The summed E-state index contributed by atoms with van der Waals surface area (Å²) in [5.41, 5.74) is -4.22. The van der Waals surface area contributed by atoms with Crippen molar-refractivity contribution in [3.8, 4) is 0 Å². The normalized spacial score (nSPS) is 32.3. The van der Waals surface area contributed by atoms with Crippen LogP contribution in [0.1, 0.15) is 80.7 Å². The third-order valence-corrected chi connectivity index (χ3v) is 10.9. The van der Waals surface area contributed by atoms with E-state index in [1.54, 1.807) is 39.0 Å². The molecular formula is C39H48O13. The molecule has 3 aliphatic rings. The van der Waals surface area contributed by atoms with E-state index in [9.17, 15) is 33.9 Å². The molecule has 2 saturated carbocycles. The maximum Gasteiger partial charge on any atom is 0.331 e. The van der Waals surface area contributed by atoms with Crippen LogP contribution < -0.4 is 0 Å². The van der Waals surface area contributed by atoms with Crippen LogP contribution in [0.4, 0.5) is 0 Å². The van der Waals surface area contributed by atoms with Crippen molar-refractivity contribution in [3.63, 3.8) is 0 Å². The highest BCUT2D eigenvalue weighted by molar-refractivity contribution is 5.87. The summed E-state index contributed by atoms with van der Waals surface area (Å²) >= 11 is 0. The quantitative estimate of drug-likeness (QED) is 0.171. The number of hydrogen-bond donors (Lipinski definition) is 1. The Morgan fingerprint density at radius 1 is 0.788 bits per heavy atom. The maximum atomic E-state index is 13.3. The van der Waals surface area contributed by atoms with Crippen molar-refractivity contribution in [1.29, 1.82) is 0 Å². The predicted octanol–water partition coefficient (Wildman–Crippen LogP) is 4.55. The molecular weight excluding hydrogens is 676 g/mol. The Morgan fingerprint density at radius 2 is 1.35 bits per heavy atom. The zero-order valence-electron chi connectivity index (χ0n) is 31.1. The summed E-state index contributed by atoms with van der Waals surface area (Å²) in [4.78, 5) is 77.5. The number of carbonyl (C=O) groups excluding carboxylic acids is 6. The number of carbonyl (C=O) groups is 6. The van der Waals surface area contributed by atoms with E-state index in [0.717, 1.165) is 19.4 Å². The zero-order valence-corrected chi connectivity index (χ0v) is 31.1. The van der Waals surface area contributed by atoms with E-state index < -0.39 is 94.6 Å². The van der Waals surface area contributed by atoms with Gasteiger partial charge in [-0.3, -0.25) is 24.0 Å². The van der Waals surface area contributed by atoms with E-state index in [-0.39, 0.29) is 29.7 Å². The third kappa shape index (κ3) is 7.41. The second-order valence-corrected chi connectivity index (χ2v) is 14.5. The first-order valence-corrected chi connectivity index (χ1v) is 17.1. The zero-order chi connectivity index (χ0) is 38.9. The number of esters is 6. The Hall–Kier alpha value is -4.78. The molecule has 0 radical (unpaired) electrons. The van der Waals surface area contributed by atoms with Gasteiger partial charge in [-0.2, -0.15) is 0 Å². The van der Waals surface area contributed by atoms with Gasteiger partial charge in [-0.05, 0) is 24.1 Å². The maximum absolute atomic E-state index is 13.3. The minimum absolute atomic E-state index is 0.0331. The molecule has 0 aliphatic heterocycles. The van der Waals surface area contributed by atoms with Crippen LogP contribution in [0.15, 0.2) is 59.9 Å². The van der Waals surface area contributed by atoms with Crippen molar-refractivity contribution in [2.24, 2.45) is 22.7 Å². The lowest BCUT2D eigenvalue weighted by atomic mass is 9.45. The molecule has 52 heavy (non-hydrogen) atoms. The molecule has 3 aliphatic carbocycles. The van der Waals surface area contributed by atoms with Gasteiger partial charge in [-0.1, -0.05) is 57.7 Å². The minimum atomic E-state index is -2.24. The second kappa shape index (κ2) is 15.1. The van der Waals surface area contributed by atoms with Crippen molar-refractivity contribution in [2.75, 3.05) is 0 Å². The van der Waals surface area contributed by atoms with Gasteiger partial charge in [0.05, 0.1) is 5.41 Å². The molecule has 13 nitrogen and oxygen atoms in total. The highest BCUT2D eigenvalue weighted by atomic mass is 16.6. The molecule has 0 heterocycles. The Bertz CT molecular complexity index is 1690. The van der Waals surface area contributed by atoms with E-state index in [4.69, 9.17) is 28.4 Å². The fraction of sp³-hybridized carbons (Fsp3) is 0.538. The molecule has 0 spiro atoms. The standard InChI is InChI=1S/C39H48O13/c1-20-29(52-32(45)17-16-27-14-12-11-13-15-27)19-31(48-23(4)41)38(10)33(20)34(49-24(5)42)28-18-30(47-22(3)40)21(2)39(46,37(28,8)9)36(51-26(7)44)35(38)50-25(6)43/h11-17,28-29,31,33-36,46H,1,18-19H2,2-10H3/b17-16-/t28-,29-,31-,33-,34-,35+,36-,38+,39-/m0/s1. The van der Waals surface area contributed by atoms with Gasteiger partial charge in [0.1, 0.15) is 29.7 Å². The largest absolute Gasteiger partial charge is 0.462 e. The predicted molar refractivity (Wildman–Crippen MR) is 184 cm³/mol. The van der Waals surface area contributed by atoms with E-state index in [1.165, 1.54) is 33.8 Å². The number of fused-ring (bicyclic) bond motifs is 3. The molecule has 1 N–H and O–H groups in total. The summed E-state index contributed by atoms with van der Waals surface area (Å²) < 4.78 is 35.7. The Balaban J connectivity index is 2.05. The van der Waals surface area contributed by atoms with Gasteiger partial charge < -0.3 is 33.5 Å². The monoisotopic (exact) mass is 724 g/mol. The summed E-state index contributed by atoms with van der Waals surface area (Å²) in [5.74, 6) is -6.63. The van der Waals surface area contributed by atoms with Crippen LogP contribution in [0.2, 0.25) is 0 Å². The molecule has 0 saturated heterocycles. The first-order chi connectivity index (χ1) is 24.2. The molecule has 13 heteroatoms. The third-order valence-electron chi connectivity index (χ3n) is 10.9. The summed E-state index contributed by atoms with van der Waals surface area (Å²) in [6, 6.07) is 9.04. The molecule has 0 unspecified atom stereocenters. The van der Waals surface area contributed by atoms with Gasteiger partial charge in [0.15, 0.2) is 12.2 Å². The highest BCUT2D eigenvalue weighted by Gasteiger charge is 2.73. The summed E-state index contributed by atoms with van der Waals surface area (Å²) in [6.45, 7) is 16.6. The number of hydrogen-bond acceptors (Lipinski definition) is 13. The van der Waals surface area contributed by atoms with Crippen molar-refractivity contribution in [3.05, 3.63) is 65.5 Å². The first kappa shape index (κ1) is 40.0. The molecule has 2 fully saturated rings. The minimum Gasteiger partial charge on any atom is -0.462 e. The molecule has 0 amide bonds. The Labute approximate surface area is 303 Å². The van der Waals surface area contributed by atoms with Crippen LogP contribution >= 0.6 is 0 Å². The SMILES string of the molecule is C=C1[C@@H](OC(=O)/C=C\c2ccccc2)C[C@H](OC(C)=O)[C@@]2(C)[C@H](OC(C)=O)[C@H](OC(C)=O)[C@@]3(O)C(C)=C(OC(C)=O)C[C@@H]([C@H](OC(C)=O)[C@H]12)C3(C)C. The van der Waals surface area contributed by atoms with E-state index in [2.05, 4.69) is 6.58 Å². The second-order valence-electron chi connectivity index (χ2n) is 14.5. The first-order valence-electron chi connectivity index (χ1n) is 17.1. The van der Waals surface area contributed by atoms with Crippen LogP contribution in [0.5, 0.6) is 0 Å². The lowest BCUT2D eigenvalue weighted by molar-refractivity contribution is -0.277. The molecule has 1 aromatic carbocycles. The van der Waals surface area contributed by atoms with Gasteiger partial charge in [0.25, 0.3) is 0 Å². The van der Waals surface area contributed by atoms with Crippen molar-refractivity contribution >= 4 is 41.9 Å². The van der Waals surface area contributed by atoms with Crippen LogP contribution in [-0.4, -0.2) is 77.0 Å². The van der Waals surface area contributed by atoms with Gasteiger partial charge in [-0.25, -0.2) is 4.79 Å². The summed E-state index contributed by atoms with van der Waals surface area (Å²) in [7, 11) is 0. The average molecular weight is 725 g/mol. The summed E-state index contributed by atoms with van der Waals surface area (Å²) in [6.07, 6.45) is -4.41. The number of allylic oxidation sites excluding steroid dienone is 1. The molecule has 2 bridgehead atoms. The van der Waals surface area contributed by atoms with E-state index in [0.29, 0.717) is 0 Å². The van der Waals surface area contributed by atoms with Gasteiger partial charge in [0, 0.05) is 76.4 Å². The van der Waals surface area contributed by atoms with Crippen molar-refractivity contribution in [2.45, 2.75) is 111 Å². The molecule has 282 valence electrons. The lowest BCUT2D eigenvalue weighted by Gasteiger charge is -2.64. The molecule has 9 atom stereocenters. The smallest absolute Gasteiger partial charge is 0.331 e. The Kier molecular flexibility index (Phi) is 11.6. The molecule has 0 aromatic heterocycles. The van der Waals surface area contributed by atoms with Crippen LogP contribution in [0, 0.1) is 22.7 Å². The van der Waals surface area contributed by atoms with Crippen LogP contribution in [0.25, 0.3) is 6.08 Å². The lowest BCUT2D eigenvalue weighted by Crippen LogP contribution is -2.75. The van der Waals surface area contributed by atoms with Crippen molar-refractivity contribution < 1.29 is 62.3 Å². The van der Waals surface area contributed by atoms with Gasteiger partial charge in [0.2, 0.25) is 0 Å². The fourth-order valence-electron chi connectivity index (χ4n) is 8.53. The number of rotatable bonds is 8. The van der Waals surface area contributed by atoms with Crippen LogP contribution in [-0.2, 0) is 57.2 Å². The average Bonchev–Trinajstić information content (AvgIpc) is 3.03. The van der Waals surface area contributed by atoms with Crippen LogP contribution in [0.3, 0.4) is 0 Å². The molecule has 4 rings (SSSR count). The number of ether oxygens (including phenoxy) is 6. The topological polar surface area (TPSA) is 178 Å². The molecule has 1 aromatic rings. The fourth-order valence-corrected chi connectivity index (χ4v) is 8.53. The highest BCUT2D eigenvalue weighted by Crippen LogP contribution is 2.64. The Morgan fingerprint density at radius 3 is 1.88 bits per heavy atom. The summed E-state index contributed by atoms with van der Waals surface area (Å²) in [5, 5.41) is 13.1.